The lowest BCUT2D eigenvalue weighted by Gasteiger charge is -1.90. The highest BCUT2D eigenvalue weighted by Crippen LogP contribution is 2.10. The smallest absolute Gasteiger partial charge is 0.239 e. The summed E-state index contributed by atoms with van der Waals surface area (Å²) in [6, 6.07) is 7.78. The number of hydrogen-bond acceptors (Lipinski definition) is 0. The van der Waals surface area contributed by atoms with Crippen LogP contribution in [0.1, 0.15) is 5.56 Å². The maximum absolute atomic E-state index is 6.61. The van der Waals surface area contributed by atoms with E-state index in [0.29, 0.717) is 6.54 Å². The number of rotatable bonds is 1. The van der Waals surface area contributed by atoms with Gasteiger partial charge in [-0.15, -0.1) is 0 Å². The molecule has 0 aliphatic heterocycles. The molecule has 1 nitrogen and oxygen atoms in total. The molecule has 0 aromatic heterocycles. The van der Waals surface area contributed by atoms with Crippen molar-refractivity contribution in [3.63, 3.8) is 0 Å². The van der Waals surface area contributed by atoms with Gasteiger partial charge in [-0.2, -0.15) is 0 Å². The summed E-state index contributed by atoms with van der Waals surface area (Å²) in [7, 11) is 0. The Hall–Kier alpha value is -0.810. The molecular formula is C8H6BrN. The number of hydrogen-bond donors (Lipinski definition) is 0. The van der Waals surface area contributed by atoms with Crippen LogP contribution < -0.4 is 0 Å². The van der Waals surface area contributed by atoms with Crippen LogP contribution in [-0.4, -0.2) is 0 Å². The molecule has 10 heavy (non-hydrogen) atoms. The molecule has 0 atom stereocenters. The van der Waals surface area contributed by atoms with Crippen molar-refractivity contribution < 1.29 is 0 Å². The normalized spacial score (nSPS) is 8.80. The van der Waals surface area contributed by atoms with Gasteiger partial charge in [-0.3, -0.25) is 0 Å². The third kappa shape index (κ3) is 1.85. The van der Waals surface area contributed by atoms with Crippen molar-refractivity contribution in [2.75, 3.05) is 0 Å². The predicted molar refractivity (Wildman–Crippen MR) is 44.4 cm³/mol. The SMILES string of the molecule is [C-]#[N+]Cc1ccc(Br)cc1. The van der Waals surface area contributed by atoms with Crippen LogP contribution in [0.2, 0.25) is 0 Å². The highest BCUT2D eigenvalue weighted by molar-refractivity contribution is 9.10. The second kappa shape index (κ2) is 3.38. The Balaban J connectivity index is 2.81. The first-order valence-corrected chi connectivity index (χ1v) is 3.70. The molecule has 0 N–H and O–H groups in total. The van der Waals surface area contributed by atoms with Crippen LogP contribution in [0.5, 0.6) is 0 Å². The van der Waals surface area contributed by atoms with E-state index in [9.17, 15) is 0 Å². The third-order valence-corrected chi connectivity index (χ3v) is 1.70. The fourth-order valence-electron chi connectivity index (χ4n) is 0.681. The summed E-state index contributed by atoms with van der Waals surface area (Å²) in [6.07, 6.45) is 0. The average Bonchev–Trinajstić information content (AvgIpc) is 1.95. The maximum atomic E-state index is 6.61. The molecule has 0 radical (unpaired) electrons. The van der Waals surface area contributed by atoms with Gasteiger partial charge in [0.2, 0.25) is 6.54 Å². The van der Waals surface area contributed by atoms with Gasteiger partial charge in [-0.25, -0.2) is 6.57 Å². The molecule has 0 saturated carbocycles. The molecule has 0 heterocycles. The van der Waals surface area contributed by atoms with Crippen LogP contribution >= 0.6 is 15.9 Å². The Kier molecular flexibility index (Phi) is 2.47. The van der Waals surface area contributed by atoms with Gasteiger partial charge in [-0.05, 0) is 12.1 Å². The van der Waals surface area contributed by atoms with Crippen LogP contribution in [-0.2, 0) is 6.54 Å². The quantitative estimate of drug-likeness (QED) is 0.608. The van der Waals surface area contributed by atoms with Gasteiger partial charge in [0.15, 0.2) is 0 Å². The largest absolute Gasteiger partial charge is 0.312 e. The minimum Gasteiger partial charge on any atom is -0.312 e. The third-order valence-electron chi connectivity index (χ3n) is 1.17. The maximum Gasteiger partial charge on any atom is 0.239 e. The second-order valence-corrected chi connectivity index (χ2v) is 2.86. The zero-order valence-electron chi connectivity index (χ0n) is 5.34. The zero-order valence-corrected chi connectivity index (χ0v) is 6.93. The lowest BCUT2D eigenvalue weighted by molar-refractivity contribution is 1.26. The van der Waals surface area contributed by atoms with E-state index in [-0.39, 0.29) is 0 Å². The van der Waals surface area contributed by atoms with Gasteiger partial charge in [0, 0.05) is 10.0 Å². The van der Waals surface area contributed by atoms with Crippen molar-refractivity contribution in [1.82, 2.24) is 0 Å². The highest BCUT2D eigenvalue weighted by atomic mass is 79.9. The van der Waals surface area contributed by atoms with Gasteiger partial charge in [0.25, 0.3) is 0 Å². The van der Waals surface area contributed by atoms with E-state index in [4.69, 9.17) is 6.57 Å². The summed E-state index contributed by atoms with van der Waals surface area (Å²) < 4.78 is 1.06. The molecule has 1 aromatic carbocycles. The van der Waals surface area contributed by atoms with Gasteiger partial charge < -0.3 is 4.85 Å². The average molecular weight is 196 g/mol. The zero-order chi connectivity index (χ0) is 7.40. The summed E-state index contributed by atoms with van der Waals surface area (Å²) >= 11 is 3.32. The van der Waals surface area contributed by atoms with Gasteiger partial charge >= 0.3 is 0 Å². The Bertz CT molecular complexity index is 245. The van der Waals surface area contributed by atoms with Crippen LogP contribution in [0, 0.1) is 6.57 Å². The Morgan fingerprint density at radius 3 is 2.40 bits per heavy atom. The molecule has 2 heteroatoms. The summed E-state index contributed by atoms with van der Waals surface area (Å²) in [4.78, 5) is 3.27. The second-order valence-electron chi connectivity index (χ2n) is 1.94. The van der Waals surface area contributed by atoms with E-state index in [1.54, 1.807) is 0 Å². The molecule has 1 aromatic rings. The van der Waals surface area contributed by atoms with Crippen molar-refractivity contribution in [2.45, 2.75) is 6.54 Å². The number of benzene rings is 1. The van der Waals surface area contributed by atoms with Crippen molar-refractivity contribution in [3.05, 3.63) is 45.7 Å². The lowest BCUT2D eigenvalue weighted by atomic mass is 10.2. The molecule has 0 bridgehead atoms. The molecule has 0 aliphatic rings. The van der Waals surface area contributed by atoms with E-state index >= 15 is 0 Å². The topological polar surface area (TPSA) is 4.36 Å². The molecule has 0 saturated heterocycles. The molecule has 0 unspecified atom stereocenters. The Labute approximate surface area is 68.6 Å². The first-order valence-electron chi connectivity index (χ1n) is 2.90. The molecule has 0 spiro atoms. The summed E-state index contributed by atoms with van der Waals surface area (Å²) in [5.41, 5.74) is 1.07. The Morgan fingerprint density at radius 1 is 1.30 bits per heavy atom. The standard InChI is InChI=1S/C8H6BrN/c1-10-6-7-2-4-8(9)5-3-7/h2-5H,6H2. The Morgan fingerprint density at radius 2 is 1.90 bits per heavy atom. The van der Waals surface area contributed by atoms with Crippen LogP contribution in [0.15, 0.2) is 28.7 Å². The molecule has 50 valence electrons. The van der Waals surface area contributed by atoms with Crippen LogP contribution in [0.3, 0.4) is 0 Å². The minimum absolute atomic E-state index is 0.479. The fraction of sp³-hybridized carbons (Fsp3) is 0.125. The molecule has 0 fully saturated rings. The summed E-state index contributed by atoms with van der Waals surface area (Å²) in [6.45, 7) is 7.09. The summed E-state index contributed by atoms with van der Waals surface area (Å²) in [5, 5.41) is 0. The van der Waals surface area contributed by atoms with Crippen molar-refractivity contribution in [3.8, 4) is 0 Å². The van der Waals surface area contributed by atoms with E-state index in [1.807, 2.05) is 24.3 Å². The van der Waals surface area contributed by atoms with Gasteiger partial charge in [-0.1, -0.05) is 28.1 Å². The monoisotopic (exact) mass is 195 g/mol. The van der Waals surface area contributed by atoms with Crippen molar-refractivity contribution >= 4 is 15.9 Å². The van der Waals surface area contributed by atoms with Crippen LogP contribution in [0.25, 0.3) is 4.85 Å². The van der Waals surface area contributed by atoms with Crippen molar-refractivity contribution in [1.29, 1.82) is 0 Å². The molecule has 0 aliphatic carbocycles. The van der Waals surface area contributed by atoms with E-state index in [2.05, 4.69) is 20.8 Å². The first kappa shape index (κ1) is 7.30. The fourth-order valence-corrected chi connectivity index (χ4v) is 0.945. The van der Waals surface area contributed by atoms with Crippen molar-refractivity contribution in [2.24, 2.45) is 0 Å². The van der Waals surface area contributed by atoms with Crippen LogP contribution in [0.4, 0.5) is 0 Å². The van der Waals surface area contributed by atoms with E-state index < -0.39 is 0 Å². The van der Waals surface area contributed by atoms with E-state index in [0.717, 1.165) is 10.0 Å². The van der Waals surface area contributed by atoms with E-state index in [1.165, 1.54) is 0 Å². The highest BCUT2D eigenvalue weighted by Gasteiger charge is 1.91. The molecule has 0 amide bonds. The molecule has 1 rings (SSSR count). The van der Waals surface area contributed by atoms with Gasteiger partial charge in [0.1, 0.15) is 0 Å². The summed E-state index contributed by atoms with van der Waals surface area (Å²) in [5.74, 6) is 0. The number of halogens is 1. The first-order chi connectivity index (χ1) is 4.83. The predicted octanol–water partition coefficient (Wildman–Crippen LogP) is 2.87. The molecular weight excluding hydrogens is 190 g/mol. The number of nitrogens with zero attached hydrogens (tertiary/aromatic N) is 1. The minimum atomic E-state index is 0.479. The van der Waals surface area contributed by atoms with Gasteiger partial charge in [0.05, 0.1) is 0 Å². The lowest BCUT2D eigenvalue weighted by Crippen LogP contribution is -1.75.